The molecule has 140 valence electrons. The molecule has 0 aliphatic carbocycles. The maximum Gasteiger partial charge on any atom is 0.401 e. The van der Waals surface area contributed by atoms with Crippen molar-refractivity contribution in [2.45, 2.75) is 25.1 Å². The minimum Gasteiger partial charge on any atom is -0.356 e. The Hall–Kier alpha value is -1.35. The summed E-state index contributed by atoms with van der Waals surface area (Å²) in [6, 6.07) is 4.78. The molecule has 1 atom stereocenters. The van der Waals surface area contributed by atoms with E-state index < -0.39 is 12.7 Å². The van der Waals surface area contributed by atoms with Crippen molar-refractivity contribution >= 4 is 21.9 Å². The molecule has 0 amide bonds. The molecule has 0 bridgehead atoms. The largest absolute Gasteiger partial charge is 0.401 e. The fraction of sp³-hybridized carbons (Fsp3) is 0.562. The standard InChI is InChI=1S/C16H21BrF4N4/c1-22-15(23-6-4-11-2-3-14(18)13(17)8-11)24-12-5-7-25(9-12)10-16(19,20)21/h2-3,8,12H,4-7,9-10H2,1H3,(H2,22,23,24). The fourth-order valence-corrected chi connectivity index (χ4v) is 3.18. The minimum absolute atomic E-state index is 0.0616. The van der Waals surface area contributed by atoms with Crippen LogP contribution in [0.4, 0.5) is 17.6 Å². The zero-order valence-electron chi connectivity index (χ0n) is 13.8. The molecule has 9 heteroatoms. The average Bonchev–Trinajstić information content (AvgIpc) is 2.94. The van der Waals surface area contributed by atoms with E-state index in [0.29, 0.717) is 42.9 Å². The van der Waals surface area contributed by atoms with E-state index in [1.54, 1.807) is 19.2 Å². The number of nitrogens with one attached hydrogen (secondary N) is 2. The van der Waals surface area contributed by atoms with E-state index >= 15 is 0 Å². The predicted octanol–water partition coefficient (Wildman–Crippen LogP) is 2.93. The van der Waals surface area contributed by atoms with Gasteiger partial charge in [0.05, 0.1) is 11.0 Å². The normalized spacial score (nSPS) is 19.3. The van der Waals surface area contributed by atoms with Crippen LogP contribution in [0.5, 0.6) is 0 Å². The Kier molecular flexibility index (Phi) is 7.06. The second-order valence-electron chi connectivity index (χ2n) is 5.98. The number of halogens is 5. The summed E-state index contributed by atoms with van der Waals surface area (Å²) in [4.78, 5) is 5.49. The Morgan fingerprint density at radius 2 is 2.16 bits per heavy atom. The summed E-state index contributed by atoms with van der Waals surface area (Å²) in [7, 11) is 1.62. The van der Waals surface area contributed by atoms with Crippen LogP contribution >= 0.6 is 15.9 Å². The van der Waals surface area contributed by atoms with E-state index in [2.05, 4.69) is 31.6 Å². The first kappa shape index (κ1) is 20.0. The summed E-state index contributed by atoms with van der Waals surface area (Å²) >= 11 is 3.15. The molecular weight excluding hydrogens is 404 g/mol. The van der Waals surface area contributed by atoms with E-state index in [-0.39, 0.29) is 11.9 Å². The highest BCUT2D eigenvalue weighted by atomic mass is 79.9. The highest BCUT2D eigenvalue weighted by molar-refractivity contribution is 9.10. The highest BCUT2D eigenvalue weighted by Gasteiger charge is 2.34. The van der Waals surface area contributed by atoms with Crippen LogP contribution in [0.15, 0.2) is 27.7 Å². The van der Waals surface area contributed by atoms with Gasteiger partial charge in [0.1, 0.15) is 5.82 Å². The SMILES string of the molecule is CN=C(NCCc1ccc(F)c(Br)c1)NC1CCN(CC(F)(F)F)C1. The first-order chi connectivity index (χ1) is 11.8. The molecule has 1 aliphatic heterocycles. The molecule has 2 N–H and O–H groups in total. The second-order valence-corrected chi connectivity index (χ2v) is 6.83. The summed E-state index contributed by atoms with van der Waals surface area (Å²) in [5.41, 5.74) is 0.966. The molecule has 1 fully saturated rings. The lowest BCUT2D eigenvalue weighted by molar-refractivity contribution is -0.143. The minimum atomic E-state index is -4.17. The zero-order valence-corrected chi connectivity index (χ0v) is 15.4. The van der Waals surface area contributed by atoms with E-state index in [1.165, 1.54) is 11.0 Å². The zero-order chi connectivity index (χ0) is 18.4. The van der Waals surface area contributed by atoms with Gasteiger partial charge in [0.15, 0.2) is 5.96 Å². The Labute approximate surface area is 152 Å². The van der Waals surface area contributed by atoms with Gasteiger partial charge in [-0.1, -0.05) is 6.07 Å². The van der Waals surface area contributed by atoms with E-state index in [0.717, 1.165) is 5.56 Å². The van der Waals surface area contributed by atoms with Gasteiger partial charge in [-0.3, -0.25) is 9.89 Å². The number of hydrogen-bond donors (Lipinski definition) is 2. The molecule has 2 rings (SSSR count). The number of benzene rings is 1. The first-order valence-electron chi connectivity index (χ1n) is 7.97. The van der Waals surface area contributed by atoms with Crippen molar-refractivity contribution in [2.24, 2.45) is 4.99 Å². The Morgan fingerprint density at radius 1 is 1.40 bits per heavy atom. The lowest BCUT2D eigenvalue weighted by Crippen LogP contribution is -2.45. The van der Waals surface area contributed by atoms with E-state index in [9.17, 15) is 17.6 Å². The van der Waals surface area contributed by atoms with Crippen molar-refractivity contribution in [3.8, 4) is 0 Å². The number of nitrogens with zero attached hydrogens (tertiary/aromatic N) is 2. The molecule has 1 saturated heterocycles. The lowest BCUT2D eigenvalue weighted by atomic mass is 10.1. The molecule has 0 spiro atoms. The molecular formula is C16H21BrF4N4. The van der Waals surface area contributed by atoms with Gasteiger partial charge < -0.3 is 10.6 Å². The van der Waals surface area contributed by atoms with Crippen molar-refractivity contribution in [1.29, 1.82) is 0 Å². The predicted molar refractivity (Wildman–Crippen MR) is 93.2 cm³/mol. The molecule has 25 heavy (non-hydrogen) atoms. The van der Waals surface area contributed by atoms with Gasteiger partial charge in [-0.2, -0.15) is 13.2 Å². The number of likely N-dealkylation sites (tertiary alicyclic amines) is 1. The van der Waals surface area contributed by atoms with Crippen molar-refractivity contribution in [1.82, 2.24) is 15.5 Å². The van der Waals surface area contributed by atoms with Gasteiger partial charge in [0, 0.05) is 32.7 Å². The summed E-state index contributed by atoms with van der Waals surface area (Å²) < 4.78 is 50.9. The summed E-state index contributed by atoms with van der Waals surface area (Å²) in [6.07, 6.45) is -2.86. The molecule has 0 radical (unpaired) electrons. The van der Waals surface area contributed by atoms with Gasteiger partial charge in [-0.05, 0) is 46.5 Å². The number of hydrogen-bond acceptors (Lipinski definition) is 2. The van der Waals surface area contributed by atoms with E-state index in [4.69, 9.17) is 0 Å². The lowest BCUT2D eigenvalue weighted by Gasteiger charge is -2.19. The molecule has 0 aromatic heterocycles. The number of aliphatic imine (C=N–C) groups is 1. The van der Waals surface area contributed by atoms with Crippen LogP contribution in [0.1, 0.15) is 12.0 Å². The Bertz CT molecular complexity index is 606. The van der Waals surface area contributed by atoms with Crippen LogP contribution < -0.4 is 10.6 Å². The highest BCUT2D eigenvalue weighted by Crippen LogP contribution is 2.20. The smallest absolute Gasteiger partial charge is 0.356 e. The van der Waals surface area contributed by atoms with Crippen molar-refractivity contribution in [2.75, 3.05) is 33.2 Å². The average molecular weight is 425 g/mol. The van der Waals surface area contributed by atoms with Crippen LogP contribution in [0.25, 0.3) is 0 Å². The van der Waals surface area contributed by atoms with Crippen LogP contribution in [-0.2, 0) is 6.42 Å². The number of alkyl halides is 3. The quantitative estimate of drug-likeness (QED) is 0.433. The van der Waals surface area contributed by atoms with Crippen LogP contribution in [-0.4, -0.2) is 56.3 Å². The molecule has 1 aromatic rings. The van der Waals surface area contributed by atoms with Crippen LogP contribution in [0.2, 0.25) is 0 Å². The van der Waals surface area contributed by atoms with E-state index in [1.807, 2.05) is 0 Å². The molecule has 4 nitrogen and oxygen atoms in total. The Morgan fingerprint density at radius 3 is 2.80 bits per heavy atom. The molecule has 1 heterocycles. The molecule has 0 saturated carbocycles. The van der Waals surface area contributed by atoms with Crippen molar-refractivity contribution in [3.05, 3.63) is 34.1 Å². The monoisotopic (exact) mass is 424 g/mol. The third-order valence-corrected chi connectivity index (χ3v) is 4.54. The van der Waals surface area contributed by atoms with Crippen LogP contribution in [0, 0.1) is 5.82 Å². The van der Waals surface area contributed by atoms with Crippen LogP contribution in [0.3, 0.4) is 0 Å². The van der Waals surface area contributed by atoms with Crippen molar-refractivity contribution < 1.29 is 17.6 Å². The van der Waals surface area contributed by atoms with Gasteiger partial charge in [-0.25, -0.2) is 4.39 Å². The summed E-state index contributed by atoms with van der Waals surface area (Å²) in [5, 5.41) is 6.28. The Balaban J connectivity index is 1.75. The number of guanidine groups is 1. The fourth-order valence-electron chi connectivity index (χ4n) is 2.76. The third kappa shape index (κ3) is 6.81. The second kappa shape index (κ2) is 8.84. The first-order valence-corrected chi connectivity index (χ1v) is 8.76. The topological polar surface area (TPSA) is 39.7 Å². The van der Waals surface area contributed by atoms with Gasteiger partial charge in [-0.15, -0.1) is 0 Å². The van der Waals surface area contributed by atoms with Gasteiger partial charge >= 0.3 is 6.18 Å². The summed E-state index contributed by atoms with van der Waals surface area (Å²) in [5.74, 6) is 0.249. The molecule has 1 unspecified atom stereocenters. The van der Waals surface area contributed by atoms with Crippen molar-refractivity contribution in [3.63, 3.8) is 0 Å². The molecule has 1 aliphatic rings. The van der Waals surface area contributed by atoms with Gasteiger partial charge in [0.25, 0.3) is 0 Å². The molecule has 1 aromatic carbocycles. The number of rotatable bonds is 5. The van der Waals surface area contributed by atoms with Gasteiger partial charge in [0.2, 0.25) is 0 Å². The third-order valence-electron chi connectivity index (χ3n) is 3.93. The maximum absolute atomic E-state index is 13.2. The maximum atomic E-state index is 13.2. The summed E-state index contributed by atoms with van der Waals surface area (Å²) in [6.45, 7) is 0.455.